The van der Waals surface area contributed by atoms with Crippen molar-refractivity contribution in [2.45, 2.75) is 42.7 Å². The van der Waals surface area contributed by atoms with E-state index in [1.807, 2.05) is 0 Å². The molecule has 0 radical (unpaired) electrons. The first kappa shape index (κ1) is 27.7. The van der Waals surface area contributed by atoms with Crippen LogP contribution >= 0.6 is 11.3 Å². The maximum absolute atomic E-state index is 13.7. The van der Waals surface area contributed by atoms with Crippen LogP contribution in [0.5, 0.6) is 0 Å². The third kappa shape index (κ3) is 3.94. The lowest BCUT2D eigenvalue weighted by atomic mass is 9.93. The highest BCUT2D eigenvalue weighted by Gasteiger charge is 2.91. The highest BCUT2D eigenvalue weighted by molar-refractivity contribution is 7.17. The van der Waals surface area contributed by atoms with E-state index in [1.165, 1.54) is 0 Å². The normalized spacial score (nSPS) is 14.3. The molecule has 0 spiro atoms. The zero-order valence-corrected chi connectivity index (χ0v) is 15.8. The molecule has 0 fully saturated rings. The number of hydrogen-bond donors (Lipinski definition) is 1. The minimum absolute atomic E-state index is 0.0323. The lowest BCUT2D eigenvalue weighted by Gasteiger charge is -2.39. The molecule has 0 bridgehead atoms. The van der Waals surface area contributed by atoms with Crippen molar-refractivity contribution in [1.29, 1.82) is 0 Å². The minimum Gasteiger partial charge on any atom is -0.465 e. The summed E-state index contributed by atoms with van der Waals surface area (Å²) >= 11 is -0.0323. The Labute approximate surface area is 171 Å². The number of aromatic nitrogens is 1. The molecular weight excluding hydrogens is 511 g/mol. The van der Waals surface area contributed by atoms with Crippen LogP contribution in [0.25, 0.3) is 0 Å². The summed E-state index contributed by atoms with van der Waals surface area (Å²) in [6.07, 6.45) is -7.56. The molecule has 0 aliphatic heterocycles. The minimum atomic E-state index is -8.12. The summed E-state index contributed by atoms with van der Waals surface area (Å²) in [5, 5.41) is -0.390. The molecule has 0 saturated carbocycles. The standard InChI is InChI=1S/C13H7F13N2O3S/c1-3-4(5(29)31-2)32-7(27-3)28-6(30)8(14,15)9(16,17)10(18,19)11(20,21)12(22,23)13(24,25)26/h1-2H3,(H,27,28,30). The molecule has 0 saturated heterocycles. The van der Waals surface area contributed by atoms with E-state index in [-0.39, 0.29) is 17.0 Å². The van der Waals surface area contributed by atoms with E-state index in [1.54, 1.807) is 0 Å². The van der Waals surface area contributed by atoms with Crippen LogP contribution in [-0.2, 0) is 9.53 Å². The van der Waals surface area contributed by atoms with E-state index in [0.717, 1.165) is 19.4 Å². The molecule has 1 aromatic rings. The quantitative estimate of drug-likeness (QED) is 0.412. The number of esters is 1. The van der Waals surface area contributed by atoms with Gasteiger partial charge < -0.3 is 4.74 Å². The monoisotopic (exact) mass is 518 g/mol. The molecule has 1 amide bonds. The third-order valence-electron chi connectivity index (χ3n) is 3.61. The van der Waals surface area contributed by atoms with Crippen LogP contribution in [0.2, 0.25) is 0 Å². The lowest BCUT2D eigenvalue weighted by molar-refractivity contribution is -0.435. The second kappa shape index (κ2) is 7.91. The van der Waals surface area contributed by atoms with Gasteiger partial charge in [-0.3, -0.25) is 10.1 Å². The molecular formula is C13H7F13N2O3S. The number of thiazole rings is 1. The van der Waals surface area contributed by atoms with E-state index >= 15 is 0 Å². The molecule has 0 unspecified atom stereocenters. The number of halogens is 13. The number of amides is 1. The topological polar surface area (TPSA) is 68.3 Å². The van der Waals surface area contributed by atoms with E-state index in [2.05, 4.69) is 9.72 Å². The molecule has 1 rings (SSSR count). The van der Waals surface area contributed by atoms with E-state index in [4.69, 9.17) is 0 Å². The number of anilines is 1. The van der Waals surface area contributed by atoms with Crippen LogP contribution in [-0.4, -0.2) is 59.8 Å². The van der Waals surface area contributed by atoms with Crippen molar-refractivity contribution in [3.63, 3.8) is 0 Å². The first-order valence-corrected chi connectivity index (χ1v) is 8.15. The predicted molar refractivity (Wildman–Crippen MR) is 77.6 cm³/mol. The van der Waals surface area contributed by atoms with Crippen LogP contribution in [0.3, 0.4) is 0 Å². The lowest BCUT2D eigenvalue weighted by Crippen LogP contribution is -2.71. The predicted octanol–water partition coefficient (Wildman–Crippen LogP) is 4.92. The summed E-state index contributed by atoms with van der Waals surface area (Å²) in [4.78, 5) is 25.4. The highest BCUT2D eigenvalue weighted by Crippen LogP contribution is 2.60. The van der Waals surface area contributed by atoms with Crippen molar-refractivity contribution in [2.75, 3.05) is 12.4 Å². The average molecular weight is 518 g/mol. The van der Waals surface area contributed by atoms with Crippen molar-refractivity contribution >= 4 is 28.3 Å². The fourth-order valence-corrected chi connectivity index (χ4v) is 2.70. The van der Waals surface area contributed by atoms with Crippen LogP contribution in [0.1, 0.15) is 15.4 Å². The molecule has 0 aliphatic rings. The molecule has 1 heterocycles. The Balaban J connectivity index is 3.39. The van der Waals surface area contributed by atoms with Gasteiger partial charge in [-0.15, -0.1) is 0 Å². The van der Waals surface area contributed by atoms with Gasteiger partial charge in [0.05, 0.1) is 12.8 Å². The van der Waals surface area contributed by atoms with E-state index in [0.29, 0.717) is 0 Å². The maximum Gasteiger partial charge on any atom is 0.460 e. The molecule has 5 nitrogen and oxygen atoms in total. The molecule has 1 aromatic heterocycles. The molecule has 0 atom stereocenters. The van der Waals surface area contributed by atoms with Crippen LogP contribution in [0.15, 0.2) is 0 Å². The van der Waals surface area contributed by atoms with Gasteiger partial charge in [-0.05, 0) is 6.92 Å². The Morgan fingerprint density at radius 2 is 1.25 bits per heavy atom. The number of aryl methyl sites for hydroxylation is 1. The summed E-state index contributed by atoms with van der Waals surface area (Å²) in [5.74, 6) is -43.6. The Hall–Kier alpha value is -2.34. The van der Waals surface area contributed by atoms with Crippen molar-refractivity contribution in [1.82, 2.24) is 4.98 Å². The number of carbonyl (C=O) groups is 2. The second-order valence-corrected chi connectivity index (χ2v) is 6.75. The second-order valence-electron chi connectivity index (χ2n) is 5.75. The molecule has 0 aromatic carbocycles. The van der Waals surface area contributed by atoms with Gasteiger partial charge in [0.2, 0.25) is 0 Å². The summed E-state index contributed by atoms with van der Waals surface area (Å²) < 4.78 is 173. The van der Waals surface area contributed by atoms with Gasteiger partial charge in [0.1, 0.15) is 4.88 Å². The smallest absolute Gasteiger partial charge is 0.460 e. The number of methoxy groups -OCH3 is 1. The zero-order chi connectivity index (χ0) is 25.7. The van der Waals surface area contributed by atoms with Gasteiger partial charge in [-0.2, -0.15) is 57.1 Å². The highest BCUT2D eigenvalue weighted by atomic mass is 32.1. The summed E-state index contributed by atoms with van der Waals surface area (Å²) in [6.45, 7) is 0.999. The summed E-state index contributed by atoms with van der Waals surface area (Å²) in [6, 6.07) is 0. The number of ether oxygens (including phenoxy) is 1. The SMILES string of the molecule is COC(=O)c1sc(NC(=O)C(F)(F)C(F)(F)C(F)(F)C(F)(F)C(F)(F)C(F)(F)F)nc1C. The van der Waals surface area contributed by atoms with Crippen molar-refractivity contribution in [2.24, 2.45) is 0 Å². The molecule has 32 heavy (non-hydrogen) atoms. The van der Waals surface area contributed by atoms with Gasteiger partial charge in [-0.1, -0.05) is 11.3 Å². The Bertz CT molecular complexity index is 894. The molecule has 19 heteroatoms. The zero-order valence-electron chi connectivity index (χ0n) is 15.0. The number of nitrogens with zero attached hydrogens (tertiary/aromatic N) is 1. The van der Waals surface area contributed by atoms with Gasteiger partial charge in [0.15, 0.2) is 5.13 Å². The summed E-state index contributed by atoms with van der Waals surface area (Å²) in [7, 11) is 0.827. The molecule has 184 valence electrons. The van der Waals surface area contributed by atoms with Crippen LogP contribution in [0.4, 0.5) is 62.2 Å². The fraction of sp³-hybridized carbons (Fsp3) is 0.615. The Kier molecular flexibility index (Phi) is 6.84. The molecule has 1 N–H and O–H groups in total. The van der Waals surface area contributed by atoms with Gasteiger partial charge in [0.25, 0.3) is 0 Å². The maximum atomic E-state index is 13.7. The first-order chi connectivity index (χ1) is 14.0. The third-order valence-corrected chi connectivity index (χ3v) is 4.66. The van der Waals surface area contributed by atoms with E-state index in [9.17, 15) is 66.7 Å². The fourth-order valence-electron chi connectivity index (χ4n) is 1.82. The molecule has 0 aliphatic carbocycles. The number of hydrogen-bond acceptors (Lipinski definition) is 5. The first-order valence-electron chi connectivity index (χ1n) is 7.33. The van der Waals surface area contributed by atoms with Crippen molar-refractivity contribution in [3.05, 3.63) is 10.6 Å². The average Bonchev–Trinajstić information content (AvgIpc) is 2.99. The van der Waals surface area contributed by atoms with Crippen molar-refractivity contribution < 1.29 is 71.4 Å². The largest absolute Gasteiger partial charge is 0.465 e. The van der Waals surface area contributed by atoms with Gasteiger partial charge in [0, 0.05) is 0 Å². The Morgan fingerprint density at radius 1 is 0.812 bits per heavy atom. The Morgan fingerprint density at radius 3 is 1.66 bits per heavy atom. The van der Waals surface area contributed by atoms with Crippen LogP contribution in [0, 0.1) is 6.92 Å². The van der Waals surface area contributed by atoms with Gasteiger partial charge in [-0.25, -0.2) is 9.78 Å². The van der Waals surface area contributed by atoms with Crippen LogP contribution < -0.4 is 5.32 Å². The number of carbonyl (C=O) groups excluding carboxylic acids is 2. The van der Waals surface area contributed by atoms with E-state index < -0.39 is 57.7 Å². The van der Waals surface area contributed by atoms with Crippen molar-refractivity contribution in [3.8, 4) is 0 Å². The summed E-state index contributed by atoms with van der Waals surface area (Å²) in [5.41, 5.74) is -0.367. The van der Waals surface area contributed by atoms with Gasteiger partial charge >= 0.3 is 47.7 Å². The number of nitrogens with one attached hydrogen (secondary N) is 1. The number of rotatable bonds is 7. The number of alkyl halides is 13.